The number of hydrogen-bond acceptors (Lipinski definition) is 3. The molecule has 0 atom stereocenters. The summed E-state index contributed by atoms with van der Waals surface area (Å²) < 4.78 is 0.900. The molecule has 0 radical (unpaired) electrons. The minimum atomic E-state index is -0.247. The number of aromatic nitrogens is 1. The molecule has 0 aliphatic heterocycles. The van der Waals surface area contributed by atoms with Crippen LogP contribution in [0.15, 0.2) is 40.9 Å². The van der Waals surface area contributed by atoms with Crippen molar-refractivity contribution in [3.63, 3.8) is 0 Å². The standard InChI is InChI=1S/C15H12BrN3O/c1-10-6-7-11(16)8-14(10)19(2)15(20)13-5-3-4-12(9-17)18-13/h3-8H,1-2H3. The van der Waals surface area contributed by atoms with Crippen molar-refractivity contribution < 1.29 is 4.79 Å². The largest absolute Gasteiger partial charge is 0.310 e. The normalized spacial score (nSPS) is 9.90. The van der Waals surface area contributed by atoms with Gasteiger partial charge in [-0.1, -0.05) is 28.1 Å². The molecular formula is C15H12BrN3O. The van der Waals surface area contributed by atoms with Crippen LogP contribution in [0.4, 0.5) is 5.69 Å². The Morgan fingerprint density at radius 1 is 1.35 bits per heavy atom. The molecule has 0 saturated heterocycles. The average molecular weight is 330 g/mol. The third kappa shape index (κ3) is 2.86. The van der Waals surface area contributed by atoms with Gasteiger partial charge in [-0.2, -0.15) is 5.26 Å². The molecule has 1 amide bonds. The van der Waals surface area contributed by atoms with Crippen molar-refractivity contribution in [2.24, 2.45) is 0 Å². The Bertz CT molecular complexity index is 707. The van der Waals surface area contributed by atoms with Gasteiger partial charge >= 0.3 is 0 Å². The molecule has 4 nitrogen and oxygen atoms in total. The third-order valence-electron chi connectivity index (χ3n) is 2.92. The molecule has 1 aromatic carbocycles. The van der Waals surface area contributed by atoms with Gasteiger partial charge in [0.15, 0.2) is 0 Å². The van der Waals surface area contributed by atoms with E-state index >= 15 is 0 Å². The highest BCUT2D eigenvalue weighted by Crippen LogP contribution is 2.24. The summed E-state index contributed by atoms with van der Waals surface area (Å²) in [6.45, 7) is 1.94. The second-order valence-corrected chi connectivity index (χ2v) is 5.23. The first-order valence-electron chi connectivity index (χ1n) is 5.94. The van der Waals surface area contributed by atoms with Crippen LogP contribution in [0.3, 0.4) is 0 Å². The van der Waals surface area contributed by atoms with E-state index in [1.165, 1.54) is 4.90 Å². The fraction of sp³-hybridized carbons (Fsp3) is 0.133. The summed E-state index contributed by atoms with van der Waals surface area (Å²) in [5.41, 5.74) is 2.27. The van der Waals surface area contributed by atoms with Crippen molar-refractivity contribution in [1.82, 2.24) is 4.98 Å². The maximum absolute atomic E-state index is 12.4. The molecule has 0 fully saturated rings. The summed E-state index contributed by atoms with van der Waals surface area (Å²) in [5, 5.41) is 8.84. The van der Waals surface area contributed by atoms with Gasteiger partial charge in [0.05, 0.1) is 0 Å². The highest BCUT2D eigenvalue weighted by molar-refractivity contribution is 9.10. The van der Waals surface area contributed by atoms with Crippen molar-refractivity contribution in [2.45, 2.75) is 6.92 Å². The Morgan fingerprint density at radius 3 is 2.80 bits per heavy atom. The maximum Gasteiger partial charge on any atom is 0.276 e. The van der Waals surface area contributed by atoms with Gasteiger partial charge in [-0.05, 0) is 36.8 Å². The number of aryl methyl sites for hydroxylation is 1. The molecule has 0 aliphatic carbocycles. The molecule has 1 aromatic heterocycles. The van der Waals surface area contributed by atoms with Gasteiger partial charge in [-0.25, -0.2) is 4.98 Å². The van der Waals surface area contributed by atoms with Crippen LogP contribution in [0.2, 0.25) is 0 Å². The van der Waals surface area contributed by atoms with Crippen LogP contribution in [0.25, 0.3) is 0 Å². The summed E-state index contributed by atoms with van der Waals surface area (Å²) >= 11 is 3.40. The topological polar surface area (TPSA) is 57.0 Å². The highest BCUT2D eigenvalue weighted by Gasteiger charge is 2.17. The fourth-order valence-electron chi connectivity index (χ4n) is 1.84. The van der Waals surface area contributed by atoms with E-state index in [4.69, 9.17) is 5.26 Å². The molecule has 0 aliphatic rings. The molecule has 0 unspecified atom stereocenters. The lowest BCUT2D eigenvalue weighted by Gasteiger charge is -2.19. The van der Waals surface area contributed by atoms with Gasteiger partial charge in [-0.3, -0.25) is 4.79 Å². The number of anilines is 1. The van der Waals surface area contributed by atoms with Gasteiger partial charge in [-0.15, -0.1) is 0 Å². The van der Waals surface area contributed by atoms with Crippen molar-refractivity contribution in [3.05, 3.63) is 57.8 Å². The molecule has 20 heavy (non-hydrogen) atoms. The first-order chi connectivity index (χ1) is 9.52. The van der Waals surface area contributed by atoms with Crippen LogP contribution < -0.4 is 4.90 Å². The Hall–Kier alpha value is -2.19. The van der Waals surface area contributed by atoms with E-state index in [1.807, 2.05) is 31.2 Å². The second kappa shape index (κ2) is 5.85. The lowest BCUT2D eigenvalue weighted by Crippen LogP contribution is -2.27. The summed E-state index contributed by atoms with van der Waals surface area (Å²) in [5.74, 6) is -0.247. The predicted molar refractivity (Wildman–Crippen MR) is 80.6 cm³/mol. The summed E-state index contributed by atoms with van der Waals surface area (Å²) in [6, 6.07) is 12.5. The van der Waals surface area contributed by atoms with Gasteiger partial charge < -0.3 is 4.90 Å². The van der Waals surface area contributed by atoms with Crippen LogP contribution in [-0.4, -0.2) is 17.9 Å². The minimum absolute atomic E-state index is 0.232. The summed E-state index contributed by atoms with van der Waals surface area (Å²) in [4.78, 5) is 18.0. The fourth-order valence-corrected chi connectivity index (χ4v) is 2.19. The van der Waals surface area contributed by atoms with Crippen molar-refractivity contribution >= 4 is 27.5 Å². The van der Waals surface area contributed by atoms with Gasteiger partial charge in [0.25, 0.3) is 5.91 Å². The molecule has 0 saturated carbocycles. The quantitative estimate of drug-likeness (QED) is 0.849. The molecule has 100 valence electrons. The van der Waals surface area contributed by atoms with Crippen LogP contribution in [0.5, 0.6) is 0 Å². The predicted octanol–water partition coefficient (Wildman–Crippen LogP) is 3.30. The molecule has 1 heterocycles. The van der Waals surface area contributed by atoms with E-state index in [9.17, 15) is 4.79 Å². The number of pyridine rings is 1. The Balaban J connectivity index is 2.37. The number of carbonyl (C=O) groups is 1. The zero-order valence-electron chi connectivity index (χ0n) is 11.1. The van der Waals surface area contributed by atoms with E-state index < -0.39 is 0 Å². The number of carbonyl (C=O) groups excluding carboxylic acids is 1. The zero-order chi connectivity index (χ0) is 14.7. The molecule has 2 aromatic rings. The Morgan fingerprint density at radius 2 is 2.10 bits per heavy atom. The number of nitrogens with zero attached hydrogens (tertiary/aromatic N) is 3. The number of benzene rings is 1. The first-order valence-corrected chi connectivity index (χ1v) is 6.73. The second-order valence-electron chi connectivity index (χ2n) is 4.31. The van der Waals surface area contributed by atoms with Crippen LogP contribution in [0, 0.1) is 18.3 Å². The number of halogens is 1. The summed E-state index contributed by atoms with van der Waals surface area (Å²) in [7, 11) is 1.69. The lowest BCUT2D eigenvalue weighted by atomic mass is 10.1. The number of nitriles is 1. The van der Waals surface area contributed by atoms with Gasteiger partial charge in [0, 0.05) is 17.2 Å². The monoisotopic (exact) mass is 329 g/mol. The van der Waals surface area contributed by atoms with E-state index in [0.29, 0.717) is 0 Å². The molecule has 0 bridgehead atoms. The third-order valence-corrected chi connectivity index (χ3v) is 3.41. The summed E-state index contributed by atoms with van der Waals surface area (Å²) in [6.07, 6.45) is 0. The lowest BCUT2D eigenvalue weighted by molar-refractivity contribution is 0.0988. The Kier molecular flexibility index (Phi) is 4.16. The number of hydrogen-bond donors (Lipinski definition) is 0. The van der Waals surface area contributed by atoms with E-state index in [-0.39, 0.29) is 17.3 Å². The number of amides is 1. The molecule has 2 rings (SSSR count). The molecule has 0 N–H and O–H groups in total. The van der Waals surface area contributed by atoms with Crippen LogP contribution in [-0.2, 0) is 0 Å². The zero-order valence-corrected chi connectivity index (χ0v) is 12.7. The molecule has 0 spiro atoms. The van der Waals surface area contributed by atoms with Gasteiger partial charge in [0.2, 0.25) is 0 Å². The molecular weight excluding hydrogens is 318 g/mol. The van der Waals surface area contributed by atoms with Crippen molar-refractivity contribution in [3.8, 4) is 6.07 Å². The van der Waals surface area contributed by atoms with E-state index in [1.54, 1.807) is 25.2 Å². The van der Waals surface area contributed by atoms with E-state index in [0.717, 1.165) is 15.7 Å². The van der Waals surface area contributed by atoms with Crippen molar-refractivity contribution in [2.75, 3.05) is 11.9 Å². The maximum atomic E-state index is 12.4. The smallest absolute Gasteiger partial charge is 0.276 e. The number of rotatable bonds is 2. The van der Waals surface area contributed by atoms with Gasteiger partial charge in [0.1, 0.15) is 17.5 Å². The van der Waals surface area contributed by atoms with Crippen molar-refractivity contribution in [1.29, 1.82) is 5.26 Å². The first kappa shape index (κ1) is 14.2. The minimum Gasteiger partial charge on any atom is -0.310 e. The Labute approximate surface area is 125 Å². The SMILES string of the molecule is Cc1ccc(Br)cc1N(C)C(=O)c1cccc(C#N)n1. The van der Waals surface area contributed by atoms with E-state index in [2.05, 4.69) is 20.9 Å². The highest BCUT2D eigenvalue weighted by atomic mass is 79.9. The molecule has 5 heteroatoms. The van der Waals surface area contributed by atoms with Crippen LogP contribution >= 0.6 is 15.9 Å². The average Bonchev–Trinajstić information content (AvgIpc) is 2.48. The van der Waals surface area contributed by atoms with Crippen LogP contribution in [0.1, 0.15) is 21.7 Å².